The topological polar surface area (TPSA) is 33.2 Å². The Labute approximate surface area is 125 Å². The van der Waals surface area contributed by atoms with Crippen molar-refractivity contribution in [2.75, 3.05) is 6.54 Å². The van der Waals surface area contributed by atoms with Crippen LogP contribution in [0.25, 0.3) is 0 Å². The minimum absolute atomic E-state index is 0.136. The molecule has 108 valence electrons. The van der Waals surface area contributed by atoms with Crippen LogP contribution in [-0.4, -0.2) is 22.3 Å². The number of aryl methyl sites for hydroxylation is 1. The molecule has 0 bridgehead atoms. The van der Waals surface area contributed by atoms with Gasteiger partial charge in [-0.15, -0.1) is 0 Å². The van der Waals surface area contributed by atoms with Crippen LogP contribution in [-0.2, 0) is 0 Å². The summed E-state index contributed by atoms with van der Waals surface area (Å²) in [5.74, 6) is 0.136. The Kier molecular flexibility index (Phi) is 4.00. The fourth-order valence-corrected chi connectivity index (χ4v) is 3.10. The van der Waals surface area contributed by atoms with Crippen molar-refractivity contribution in [3.8, 4) is 0 Å². The maximum atomic E-state index is 12.8. The molecule has 1 fully saturated rings. The maximum absolute atomic E-state index is 12.8. The molecular formula is C18H20N2O. The van der Waals surface area contributed by atoms with Crippen molar-refractivity contribution >= 4 is 5.91 Å². The second kappa shape index (κ2) is 6.08. The van der Waals surface area contributed by atoms with E-state index in [1.165, 1.54) is 12.0 Å². The van der Waals surface area contributed by atoms with Crippen molar-refractivity contribution in [2.24, 2.45) is 0 Å². The summed E-state index contributed by atoms with van der Waals surface area (Å²) in [5, 5.41) is 0. The van der Waals surface area contributed by atoms with Gasteiger partial charge in [-0.2, -0.15) is 0 Å². The molecule has 0 N–H and O–H groups in total. The van der Waals surface area contributed by atoms with Gasteiger partial charge in [-0.05, 0) is 55.5 Å². The average Bonchev–Trinajstić information content (AvgIpc) is 2.55. The van der Waals surface area contributed by atoms with Gasteiger partial charge in [0.25, 0.3) is 5.91 Å². The summed E-state index contributed by atoms with van der Waals surface area (Å²) in [6, 6.07) is 11.8. The van der Waals surface area contributed by atoms with Crippen LogP contribution in [0.5, 0.6) is 0 Å². The number of benzene rings is 1. The van der Waals surface area contributed by atoms with Gasteiger partial charge in [0.2, 0.25) is 0 Å². The second-order valence-electron chi connectivity index (χ2n) is 5.61. The minimum Gasteiger partial charge on any atom is -0.332 e. The first-order chi connectivity index (χ1) is 10.3. The number of rotatable bonds is 2. The van der Waals surface area contributed by atoms with E-state index in [1.807, 2.05) is 47.6 Å². The Hall–Kier alpha value is -2.16. The Morgan fingerprint density at radius 1 is 1.19 bits per heavy atom. The summed E-state index contributed by atoms with van der Waals surface area (Å²) < 4.78 is 0. The summed E-state index contributed by atoms with van der Waals surface area (Å²) in [6.45, 7) is 2.91. The van der Waals surface area contributed by atoms with Crippen LogP contribution in [0.1, 0.15) is 46.8 Å². The number of hydrogen-bond acceptors (Lipinski definition) is 2. The number of nitrogens with zero attached hydrogens (tertiary/aromatic N) is 2. The van der Waals surface area contributed by atoms with Crippen LogP contribution in [0.2, 0.25) is 0 Å². The zero-order valence-electron chi connectivity index (χ0n) is 12.3. The molecule has 0 spiro atoms. The number of carbonyl (C=O) groups excluding carboxylic acids is 1. The summed E-state index contributed by atoms with van der Waals surface area (Å²) in [7, 11) is 0. The first kappa shape index (κ1) is 13.8. The summed E-state index contributed by atoms with van der Waals surface area (Å²) >= 11 is 0. The molecule has 0 saturated carbocycles. The normalized spacial score (nSPS) is 18.5. The zero-order valence-corrected chi connectivity index (χ0v) is 12.3. The van der Waals surface area contributed by atoms with Crippen LogP contribution >= 0.6 is 0 Å². The Morgan fingerprint density at radius 3 is 2.76 bits per heavy atom. The zero-order chi connectivity index (χ0) is 14.7. The standard InChI is InChI=1S/C18H20N2O/c1-14-13-19-11-10-16(14)17-9-5-6-12-20(17)18(21)15-7-3-2-4-8-15/h2-4,7-8,10-11,13,17H,5-6,9,12H2,1H3/t17-/m1/s1. The molecule has 21 heavy (non-hydrogen) atoms. The maximum Gasteiger partial charge on any atom is 0.254 e. The molecule has 0 unspecified atom stereocenters. The predicted octanol–water partition coefficient (Wildman–Crippen LogP) is 3.76. The smallest absolute Gasteiger partial charge is 0.254 e. The summed E-state index contributed by atoms with van der Waals surface area (Å²) in [4.78, 5) is 19.0. The highest BCUT2D eigenvalue weighted by Crippen LogP contribution is 2.33. The van der Waals surface area contributed by atoms with Gasteiger partial charge in [0, 0.05) is 24.5 Å². The molecule has 1 aliphatic rings. The van der Waals surface area contributed by atoms with Crippen molar-refractivity contribution in [1.29, 1.82) is 0 Å². The van der Waals surface area contributed by atoms with E-state index < -0.39 is 0 Å². The van der Waals surface area contributed by atoms with Gasteiger partial charge in [0.1, 0.15) is 0 Å². The lowest BCUT2D eigenvalue weighted by molar-refractivity contribution is 0.0611. The number of pyridine rings is 1. The predicted molar refractivity (Wildman–Crippen MR) is 83.0 cm³/mol. The van der Waals surface area contributed by atoms with Crippen molar-refractivity contribution in [3.63, 3.8) is 0 Å². The van der Waals surface area contributed by atoms with E-state index in [1.54, 1.807) is 0 Å². The van der Waals surface area contributed by atoms with E-state index in [0.29, 0.717) is 0 Å². The van der Waals surface area contributed by atoms with Crippen LogP contribution < -0.4 is 0 Å². The molecule has 1 aliphatic heterocycles. The van der Waals surface area contributed by atoms with Gasteiger partial charge in [-0.3, -0.25) is 9.78 Å². The quantitative estimate of drug-likeness (QED) is 0.839. The van der Waals surface area contributed by atoms with E-state index in [9.17, 15) is 4.79 Å². The fraction of sp³-hybridized carbons (Fsp3) is 0.333. The largest absolute Gasteiger partial charge is 0.332 e. The van der Waals surface area contributed by atoms with Crippen LogP contribution in [0, 0.1) is 6.92 Å². The van der Waals surface area contributed by atoms with Crippen molar-refractivity contribution in [1.82, 2.24) is 9.88 Å². The highest BCUT2D eigenvalue weighted by molar-refractivity contribution is 5.94. The first-order valence-corrected chi connectivity index (χ1v) is 7.54. The average molecular weight is 280 g/mol. The van der Waals surface area contributed by atoms with E-state index in [2.05, 4.69) is 18.0 Å². The van der Waals surface area contributed by atoms with Gasteiger partial charge >= 0.3 is 0 Å². The van der Waals surface area contributed by atoms with Crippen LogP contribution in [0.15, 0.2) is 48.8 Å². The molecule has 3 nitrogen and oxygen atoms in total. The molecule has 0 aliphatic carbocycles. The van der Waals surface area contributed by atoms with E-state index in [-0.39, 0.29) is 11.9 Å². The molecule has 1 aromatic heterocycles. The highest BCUT2D eigenvalue weighted by Gasteiger charge is 2.29. The van der Waals surface area contributed by atoms with Crippen molar-refractivity contribution in [3.05, 3.63) is 65.5 Å². The van der Waals surface area contributed by atoms with Gasteiger partial charge in [0.05, 0.1) is 6.04 Å². The first-order valence-electron chi connectivity index (χ1n) is 7.54. The number of amides is 1. The molecule has 0 radical (unpaired) electrons. The Bertz CT molecular complexity index is 624. The molecule has 1 amide bonds. The summed E-state index contributed by atoms with van der Waals surface area (Å²) in [6.07, 6.45) is 6.99. The second-order valence-corrected chi connectivity index (χ2v) is 5.61. The van der Waals surface area contributed by atoms with Crippen molar-refractivity contribution < 1.29 is 4.79 Å². The molecule has 3 heteroatoms. The lowest BCUT2D eigenvalue weighted by Gasteiger charge is -2.36. The monoisotopic (exact) mass is 280 g/mol. The number of likely N-dealkylation sites (tertiary alicyclic amines) is 1. The van der Waals surface area contributed by atoms with Gasteiger partial charge in [-0.25, -0.2) is 0 Å². The third-order valence-electron chi connectivity index (χ3n) is 4.21. The Morgan fingerprint density at radius 2 is 2.00 bits per heavy atom. The molecule has 1 saturated heterocycles. The van der Waals surface area contributed by atoms with Crippen LogP contribution in [0.4, 0.5) is 0 Å². The van der Waals surface area contributed by atoms with Gasteiger partial charge in [0.15, 0.2) is 0 Å². The van der Waals surface area contributed by atoms with Crippen LogP contribution in [0.3, 0.4) is 0 Å². The minimum atomic E-state index is 0.136. The lowest BCUT2D eigenvalue weighted by atomic mass is 9.92. The van der Waals surface area contributed by atoms with Gasteiger partial charge < -0.3 is 4.90 Å². The third-order valence-corrected chi connectivity index (χ3v) is 4.21. The van der Waals surface area contributed by atoms with E-state index >= 15 is 0 Å². The lowest BCUT2D eigenvalue weighted by Crippen LogP contribution is -2.38. The highest BCUT2D eigenvalue weighted by atomic mass is 16.2. The molecule has 1 atom stereocenters. The SMILES string of the molecule is Cc1cnccc1[C@H]1CCCCN1C(=O)c1ccccc1. The number of hydrogen-bond donors (Lipinski definition) is 0. The number of carbonyl (C=O) groups is 1. The Balaban J connectivity index is 1.92. The van der Waals surface area contributed by atoms with Crippen molar-refractivity contribution in [2.45, 2.75) is 32.2 Å². The number of piperidine rings is 1. The van der Waals surface area contributed by atoms with E-state index in [4.69, 9.17) is 0 Å². The summed E-state index contributed by atoms with van der Waals surface area (Å²) in [5.41, 5.74) is 3.17. The van der Waals surface area contributed by atoms with E-state index in [0.717, 1.165) is 30.5 Å². The molecular weight excluding hydrogens is 260 g/mol. The fourth-order valence-electron chi connectivity index (χ4n) is 3.10. The third kappa shape index (κ3) is 2.82. The van der Waals surface area contributed by atoms with Gasteiger partial charge in [-0.1, -0.05) is 18.2 Å². The molecule has 3 rings (SSSR count). The molecule has 2 aromatic rings. The molecule has 1 aromatic carbocycles. The molecule has 2 heterocycles. The number of aromatic nitrogens is 1.